The molecule has 0 fully saturated rings. The highest BCUT2D eigenvalue weighted by molar-refractivity contribution is 5.58. The number of aromatic amines is 1. The van der Waals surface area contributed by atoms with Crippen LogP contribution in [0.4, 0.5) is 13.2 Å². The molecule has 0 radical (unpaired) electrons. The molecule has 96 valence electrons. The second-order valence-electron chi connectivity index (χ2n) is 3.54. The van der Waals surface area contributed by atoms with Crippen molar-refractivity contribution in [2.24, 2.45) is 5.73 Å². The number of alkyl halides is 3. The number of hydrogen-bond donors (Lipinski definition) is 3. The Labute approximate surface area is 99.5 Å². The molecular formula is C10H9F3N4O. The summed E-state index contributed by atoms with van der Waals surface area (Å²) in [7, 11) is 0. The number of nitrogens with one attached hydrogen (secondary N) is 1. The van der Waals surface area contributed by atoms with Crippen molar-refractivity contribution < 1.29 is 18.3 Å². The molecule has 2 aromatic rings. The van der Waals surface area contributed by atoms with Crippen molar-refractivity contribution >= 4 is 0 Å². The zero-order valence-corrected chi connectivity index (χ0v) is 8.99. The fourth-order valence-electron chi connectivity index (χ4n) is 1.42. The summed E-state index contributed by atoms with van der Waals surface area (Å²) in [5, 5.41) is 15.4. The van der Waals surface area contributed by atoms with Gasteiger partial charge in [-0.1, -0.05) is 0 Å². The van der Waals surface area contributed by atoms with Gasteiger partial charge < -0.3 is 10.8 Å². The minimum absolute atomic E-state index is 0.0981. The van der Waals surface area contributed by atoms with Gasteiger partial charge in [-0.3, -0.25) is 5.10 Å². The highest BCUT2D eigenvalue weighted by Crippen LogP contribution is 2.37. The van der Waals surface area contributed by atoms with Crippen LogP contribution < -0.4 is 5.73 Å². The summed E-state index contributed by atoms with van der Waals surface area (Å²) in [5.41, 5.74) is 4.33. The van der Waals surface area contributed by atoms with Crippen molar-refractivity contribution in [3.63, 3.8) is 0 Å². The summed E-state index contributed by atoms with van der Waals surface area (Å²) in [6, 6.07) is 3.05. The maximum absolute atomic E-state index is 12.6. The van der Waals surface area contributed by atoms with E-state index in [0.717, 1.165) is 12.1 Å². The van der Waals surface area contributed by atoms with Gasteiger partial charge in [0, 0.05) is 5.56 Å². The topological polar surface area (TPSA) is 87.8 Å². The van der Waals surface area contributed by atoms with Crippen LogP contribution in [0, 0.1) is 0 Å². The Bertz CT molecular complexity index is 564. The minimum Gasteiger partial charge on any atom is -0.507 e. The van der Waals surface area contributed by atoms with Gasteiger partial charge in [-0.25, -0.2) is 4.98 Å². The van der Waals surface area contributed by atoms with E-state index < -0.39 is 17.5 Å². The van der Waals surface area contributed by atoms with Crippen LogP contribution in [0.1, 0.15) is 11.4 Å². The van der Waals surface area contributed by atoms with Crippen molar-refractivity contribution in [1.29, 1.82) is 0 Å². The minimum atomic E-state index is -4.63. The molecule has 0 saturated carbocycles. The number of aromatic nitrogens is 3. The lowest BCUT2D eigenvalue weighted by molar-refractivity contribution is -0.138. The first kappa shape index (κ1) is 12.4. The zero-order valence-electron chi connectivity index (χ0n) is 8.99. The number of phenols is 1. The Hall–Kier alpha value is -2.09. The standard InChI is InChI=1S/C10H9F3N4O/c11-10(12,13)6-3-5(1-2-7(6)18)9-15-8(4-14)16-17-9/h1-3,18H,4,14H2,(H,15,16,17). The van der Waals surface area contributed by atoms with E-state index in [1.54, 1.807) is 0 Å². The molecule has 0 amide bonds. The van der Waals surface area contributed by atoms with Crippen molar-refractivity contribution in [2.45, 2.75) is 12.7 Å². The molecule has 1 aromatic heterocycles. The first-order valence-electron chi connectivity index (χ1n) is 4.93. The lowest BCUT2D eigenvalue weighted by Gasteiger charge is -2.09. The highest BCUT2D eigenvalue weighted by Gasteiger charge is 2.34. The van der Waals surface area contributed by atoms with Crippen molar-refractivity contribution in [3.05, 3.63) is 29.6 Å². The summed E-state index contributed by atoms with van der Waals surface area (Å²) < 4.78 is 37.8. The lowest BCUT2D eigenvalue weighted by atomic mass is 10.1. The molecule has 0 aliphatic rings. The van der Waals surface area contributed by atoms with Gasteiger partial charge in [0.2, 0.25) is 0 Å². The number of phenolic OH excluding ortho intramolecular Hbond substituents is 1. The highest BCUT2D eigenvalue weighted by atomic mass is 19.4. The van der Waals surface area contributed by atoms with Crippen molar-refractivity contribution in [3.8, 4) is 17.1 Å². The van der Waals surface area contributed by atoms with Crippen LogP contribution in [0.15, 0.2) is 18.2 Å². The molecule has 0 aliphatic carbocycles. The predicted octanol–water partition coefficient (Wildman–Crippen LogP) is 1.65. The van der Waals surface area contributed by atoms with Crippen LogP contribution in [-0.4, -0.2) is 20.3 Å². The molecule has 4 N–H and O–H groups in total. The maximum Gasteiger partial charge on any atom is 0.419 e. The fraction of sp³-hybridized carbons (Fsp3) is 0.200. The monoisotopic (exact) mass is 258 g/mol. The molecule has 0 aliphatic heterocycles. The summed E-state index contributed by atoms with van der Waals surface area (Å²) in [4.78, 5) is 3.91. The Morgan fingerprint density at radius 2 is 2.06 bits per heavy atom. The third kappa shape index (κ3) is 2.28. The summed E-state index contributed by atoms with van der Waals surface area (Å²) >= 11 is 0. The summed E-state index contributed by atoms with van der Waals surface area (Å²) in [5.74, 6) is -0.367. The SMILES string of the molecule is NCc1nc(-c2ccc(O)c(C(F)(F)F)c2)n[nH]1. The second kappa shape index (κ2) is 4.30. The van der Waals surface area contributed by atoms with Crippen molar-refractivity contribution in [2.75, 3.05) is 0 Å². The predicted molar refractivity (Wildman–Crippen MR) is 56.4 cm³/mol. The van der Waals surface area contributed by atoms with Gasteiger partial charge in [-0.2, -0.15) is 18.3 Å². The first-order valence-corrected chi connectivity index (χ1v) is 4.93. The number of hydrogen-bond acceptors (Lipinski definition) is 4. The van der Waals surface area contributed by atoms with E-state index in [1.807, 2.05) is 0 Å². The van der Waals surface area contributed by atoms with Crippen molar-refractivity contribution in [1.82, 2.24) is 15.2 Å². The number of benzene rings is 1. The third-order valence-electron chi connectivity index (χ3n) is 2.29. The fourth-order valence-corrected chi connectivity index (χ4v) is 1.42. The summed E-state index contributed by atoms with van der Waals surface area (Å²) in [6.45, 7) is 0.108. The normalized spacial score (nSPS) is 11.8. The van der Waals surface area contributed by atoms with E-state index in [2.05, 4.69) is 15.2 Å². The quantitative estimate of drug-likeness (QED) is 0.764. The third-order valence-corrected chi connectivity index (χ3v) is 2.29. The molecule has 8 heteroatoms. The molecule has 2 rings (SSSR count). The van der Waals surface area contributed by atoms with Crippen LogP contribution in [0.5, 0.6) is 5.75 Å². The van der Waals surface area contributed by atoms with Gasteiger partial charge in [-0.15, -0.1) is 0 Å². The van der Waals surface area contributed by atoms with E-state index >= 15 is 0 Å². The number of rotatable bonds is 2. The van der Waals surface area contributed by atoms with Gasteiger partial charge in [0.25, 0.3) is 0 Å². The molecule has 1 heterocycles. The molecule has 0 bridgehead atoms. The molecule has 0 atom stereocenters. The molecule has 1 aromatic carbocycles. The molecule has 18 heavy (non-hydrogen) atoms. The Kier molecular flexibility index (Phi) is 2.95. The maximum atomic E-state index is 12.6. The smallest absolute Gasteiger partial charge is 0.419 e. The van der Waals surface area contributed by atoms with E-state index in [1.165, 1.54) is 6.07 Å². The van der Waals surface area contributed by atoms with Gasteiger partial charge >= 0.3 is 6.18 Å². The molecule has 0 saturated heterocycles. The van der Waals surface area contributed by atoms with E-state index in [9.17, 15) is 18.3 Å². The lowest BCUT2D eigenvalue weighted by Crippen LogP contribution is -2.05. The zero-order chi connectivity index (χ0) is 13.3. The number of halogens is 3. The van der Waals surface area contributed by atoms with E-state index in [-0.39, 0.29) is 17.9 Å². The van der Waals surface area contributed by atoms with Crippen LogP contribution in [0.3, 0.4) is 0 Å². The van der Waals surface area contributed by atoms with Gasteiger partial charge in [0.15, 0.2) is 5.82 Å². The van der Waals surface area contributed by atoms with Crippen LogP contribution in [0.2, 0.25) is 0 Å². The molecule has 0 unspecified atom stereocenters. The largest absolute Gasteiger partial charge is 0.507 e. The summed E-state index contributed by atoms with van der Waals surface area (Å²) in [6.07, 6.45) is -4.63. The Morgan fingerprint density at radius 1 is 1.33 bits per heavy atom. The first-order chi connectivity index (χ1) is 8.41. The second-order valence-corrected chi connectivity index (χ2v) is 3.54. The van der Waals surface area contributed by atoms with Gasteiger partial charge in [0.1, 0.15) is 11.6 Å². The average molecular weight is 258 g/mol. The van der Waals surface area contributed by atoms with Crippen LogP contribution >= 0.6 is 0 Å². The average Bonchev–Trinajstić information content (AvgIpc) is 2.76. The number of nitrogens with two attached hydrogens (primary N) is 1. The molecule has 5 nitrogen and oxygen atoms in total. The van der Waals surface area contributed by atoms with E-state index in [4.69, 9.17) is 5.73 Å². The van der Waals surface area contributed by atoms with Crippen LogP contribution in [-0.2, 0) is 12.7 Å². The molecule has 0 spiro atoms. The number of aromatic hydroxyl groups is 1. The Balaban J connectivity index is 2.47. The Morgan fingerprint density at radius 3 is 2.61 bits per heavy atom. The number of H-pyrrole nitrogens is 1. The van der Waals surface area contributed by atoms with Crippen LogP contribution in [0.25, 0.3) is 11.4 Å². The molecular weight excluding hydrogens is 249 g/mol. The van der Waals surface area contributed by atoms with E-state index in [0.29, 0.717) is 5.82 Å². The van der Waals surface area contributed by atoms with Gasteiger partial charge in [0.05, 0.1) is 12.1 Å². The number of nitrogens with zero attached hydrogens (tertiary/aromatic N) is 2. The van der Waals surface area contributed by atoms with Gasteiger partial charge in [-0.05, 0) is 18.2 Å².